The van der Waals surface area contributed by atoms with E-state index in [0.29, 0.717) is 12.6 Å². The maximum Gasteiger partial charge on any atom is 0.142 e. The van der Waals surface area contributed by atoms with Crippen molar-refractivity contribution in [2.75, 3.05) is 11.9 Å². The van der Waals surface area contributed by atoms with Crippen molar-refractivity contribution in [3.05, 3.63) is 58.1 Å². The van der Waals surface area contributed by atoms with Gasteiger partial charge in [0.2, 0.25) is 0 Å². The minimum Gasteiger partial charge on any atom is -0.492 e. The summed E-state index contributed by atoms with van der Waals surface area (Å²) in [6.07, 6.45) is 2.04. The molecule has 110 valence electrons. The predicted octanol–water partition coefficient (Wildman–Crippen LogP) is 4.63. The molecule has 0 spiro atoms. The molecule has 2 nitrogen and oxygen atoms in total. The maximum absolute atomic E-state index is 6.07. The van der Waals surface area contributed by atoms with E-state index in [1.807, 2.05) is 13.0 Å². The smallest absolute Gasteiger partial charge is 0.142 e. The van der Waals surface area contributed by atoms with Crippen LogP contribution in [0.2, 0.25) is 5.02 Å². The Bertz CT molecular complexity index is 654. The molecule has 3 heteroatoms. The number of nitrogens with one attached hydrogen (secondary N) is 1. The van der Waals surface area contributed by atoms with Crippen molar-refractivity contribution in [1.29, 1.82) is 0 Å². The molecule has 1 N–H and O–H groups in total. The highest BCUT2D eigenvalue weighted by Gasteiger charge is 2.22. The predicted molar refractivity (Wildman–Crippen MR) is 88.6 cm³/mol. The van der Waals surface area contributed by atoms with Crippen molar-refractivity contribution in [2.45, 2.75) is 32.7 Å². The van der Waals surface area contributed by atoms with Gasteiger partial charge < -0.3 is 10.1 Å². The van der Waals surface area contributed by atoms with Crippen molar-refractivity contribution in [2.24, 2.45) is 0 Å². The topological polar surface area (TPSA) is 21.3 Å². The van der Waals surface area contributed by atoms with Crippen LogP contribution in [0.3, 0.4) is 0 Å². The van der Waals surface area contributed by atoms with Gasteiger partial charge in [0, 0.05) is 11.1 Å². The highest BCUT2D eigenvalue weighted by Crippen LogP contribution is 2.31. The minimum atomic E-state index is 0.403. The molecule has 3 rings (SSSR count). The monoisotopic (exact) mass is 301 g/mol. The summed E-state index contributed by atoms with van der Waals surface area (Å²) in [4.78, 5) is 0. The zero-order chi connectivity index (χ0) is 14.8. The van der Waals surface area contributed by atoms with Crippen LogP contribution < -0.4 is 10.1 Å². The number of benzene rings is 2. The summed E-state index contributed by atoms with van der Waals surface area (Å²) in [5.74, 6) is 0.937. The number of halogens is 1. The number of ether oxygens (including phenoxy) is 1. The summed E-state index contributed by atoms with van der Waals surface area (Å²) in [5, 5.41) is 4.44. The summed E-state index contributed by atoms with van der Waals surface area (Å²) in [6.45, 7) is 4.78. The number of hydrogen-bond donors (Lipinski definition) is 1. The molecule has 0 saturated carbocycles. The molecule has 0 aromatic heterocycles. The Balaban J connectivity index is 1.77. The van der Waals surface area contributed by atoms with E-state index in [-0.39, 0.29) is 0 Å². The normalized spacial score (nSPS) is 16.6. The third-order valence-corrected chi connectivity index (χ3v) is 4.13. The summed E-state index contributed by atoms with van der Waals surface area (Å²) >= 11 is 6.07. The van der Waals surface area contributed by atoms with Gasteiger partial charge in [-0.25, -0.2) is 0 Å². The van der Waals surface area contributed by atoms with Crippen molar-refractivity contribution in [3.63, 3.8) is 0 Å². The lowest BCUT2D eigenvalue weighted by Gasteiger charge is -2.17. The van der Waals surface area contributed by atoms with Gasteiger partial charge in [0.25, 0.3) is 0 Å². The average Bonchev–Trinajstić information content (AvgIpc) is 2.83. The molecule has 21 heavy (non-hydrogen) atoms. The molecule has 0 bridgehead atoms. The van der Waals surface area contributed by atoms with Crippen LogP contribution in [0.25, 0.3) is 0 Å². The number of hydrogen-bond acceptors (Lipinski definition) is 2. The Morgan fingerprint density at radius 2 is 1.95 bits per heavy atom. The zero-order valence-electron chi connectivity index (χ0n) is 12.4. The number of anilines is 1. The highest BCUT2D eigenvalue weighted by molar-refractivity contribution is 6.30. The van der Waals surface area contributed by atoms with E-state index >= 15 is 0 Å². The second-order valence-corrected chi connectivity index (χ2v) is 6.03. The van der Waals surface area contributed by atoms with Crippen LogP contribution in [0.4, 0.5) is 5.69 Å². The van der Waals surface area contributed by atoms with Gasteiger partial charge in [-0.1, -0.05) is 23.7 Å². The van der Waals surface area contributed by atoms with Crippen LogP contribution in [0, 0.1) is 6.92 Å². The Hall–Kier alpha value is -1.67. The summed E-state index contributed by atoms with van der Waals surface area (Å²) in [7, 11) is 0. The van der Waals surface area contributed by atoms with Gasteiger partial charge in [-0.3, -0.25) is 0 Å². The fraction of sp³-hybridized carbons (Fsp3) is 0.333. The first kappa shape index (κ1) is 14.3. The van der Waals surface area contributed by atoms with E-state index in [2.05, 4.69) is 42.6 Å². The molecule has 0 heterocycles. The molecular formula is C18H20ClNO. The Kier molecular flexibility index (Phi) is 4.07. The fourth-order valence-electron chi connectivity index (χ4n) is 2.93. The van der Waals surface area contributed by atoms with Crippen molar-refractivity contribution in [3.8, 4) is 5.75 Å². The van der Waals surface area contributed by atoms with E-state index < -0.39 is 0 Å². The maximum atomic E-state index is 6.07. The first-order valence-corrected chi connectivity index (χ1v) is 7.81. The third kappa shape index (κ3) is 3.16. The number of fused-ring (bicyclic) bond motifs is 1. The molecule has 1 aliphatic carbocycles. The average molecular weight is 302 g/mol. The summed E-state index contributed by atoms with van der Waals surface area (Å²) in [5.41, 5.74) is 5.03. The number of aryl methyl sites for hydroxylation is 1. The standard InChI is InChI=1S/C18H20ClNO/c1-3-21-18-8-12(2)4-7-17(18)20-16-10-13-5-6-15(19)9-14(13)11-16/h4-9,16,20H,3,10-11H2,1-2H3. The SMILES string of the molecule is CCOc1cc(C)ccc1NC1Cc2ccc(Cl)cc2C1. The van der Waals surface area contributed by atoms with Crippen LogP contribution in [-0.2, 0) is 12.8 Å². The van der Waals surface area contributed by atoms with E-state index in [9.17, 15) is 0 Å². The quantitative estimate of drug-likeness (QED) is 0.889. The van der Waals surface area contributed by atoms with Gasteiger partial charge in [0.15, 0.2) is 0 Å². The lowest BCUT2D eigenvalue weighted by Crippen LogP contribution is -2.20. The number of rotatable bonds is 4. The molecule has 0 amide bonds. The van der Waals surface area contributed by atoms with Crippen LogP contribution in [-0.4, -0.2) is 12.6 Å². The van der Waals surface area contributed by atoms with Crippen molar-refractivity contribution < 1.29 is 4.74 Å². The van der Waals surface area contributed by atoms with Crippen molar-refractivity contribution >= 4 is 17.3 Å². The van der Waals surface area contributed by atoms with Gasteiger partial charge in [-0.05, 0) is 67.6 Å². The molecule has 0 saturated heterocycles. The van der Waals surface area contributed by atoms with Gasteiger partial charge in [0.05, 0.1) is 12.3 Å². The van der Waals surface area contributed by atoms with Crippen molar-refractivity contribution in [1.82, 2.24) is 0 Å². The zero-order valence-corrected chi connectivity index (χ0v) is 13.2. The van der Waals surface area contributed by atoms with Gasteiger partial charge >= 0.3 is 0 Å². The largest absolute Gasteiger partial charge is 0.492 e. The second-order valence-electron chi connectivity index (χ2n) is 5.60. The van der Waals surface area contributed by atoms with E-state index in [1.54, 1.807) is 0 Å². The molecule has 2 aromatic rings. The Morgan fingerprint density at radius 3 is 2.76 bits per heavy atom. The first-order valence-electron chi connectivity index (χ1n) is 7.43. The van der Waals surface area contributed by atoms with Crippen LogP contribution >= 0.6 is 11.6 Å². The lowest BCUT2D eigenvalue weighted by molar-refractivity contribution is 0.341. The minimum absolute atomic E-state index is 0.403. The third-order valence-electron chi connectivity index (χ3n) is 3.90. The summed E-state index contributed by atoms with van der Waals surface area (Å²) < 4.78 is 5.74. The molecule has 1 aliphatic rings. The fourth-order valence-corrected chi connectivity index (χ4v) is 3.13. The lowest BCUT2D eigenvalue weighted by atomic mass is 10.1. The van der Waals surface area contributed by atoms with Gasteiger partial charge in [-0.15, -0.1) is 0 Å². The van der Waals surface area contributed by atoms with E-state index in [1.165, 1.54) is 16.7 Å². The van der Waals surface area contributed by atoms with Crippen LogP contribution in [0.1, 0.15) is 23.6 Å². The molecular weight excluding hydrogens is 282 g/mol. The first-order chi connectivity index (χ1) is 10.2. The second kappa shape index (κ2) is 5.98. The highest BCUT2D eigenvalue weighted by atomic mass is 35.5. The molecule has 1 unspecified atom stereocenters. The van der Waals surface area contributed by atoms with Gasteiger partial charge in [-0.2, -0.15) is 0 Å². The molecule has 0 aliphatic heterocycles. The van der Waals surface area contributed by atoms with Gasteiger partial charge in [0.1, 0.15) is 5.75 Å². The molecule has 1 atom stereocenters. The Morgan fingerprint density at radius 1 is 1.14 bits per heavy atom. The molecule has 2 aromatic carbocycles. The van der Waals surface area contributed by atoms with Crippen LogP contribution in [0.15, 0.2) is 36.4 Å². The van der Waals surface area contributed by atoms with E-state index in [4.69, 9.17) is 16.3 Å². The van der Waals surface area contributed by atoms with E-state index in [0.717, 1.165) is 29.3 Å². The van der Waals surface area contributed by atoms with Crippen LogP contribution in [0.5, 0.6) is 5.75 Å². The Labute approximate surface area is 131 Å². The molecule has 0 radical (unpaired) electrons. The summed E-state index contributed by atoms with van der Waals surface area (Å²) in [6, 6.07) is 12.9. The molecule has 0 fully saturated rings.